The highest BCUT2D eigenvalue weighted by Crippen LogP contribution is 2.38. The first kappa shape index (κ1) is 27.6. The Morgan fingerprint density at radius 1 is 1.16 bits per heavy atom. The number of carbonyl (C=O) groups is 1. The van der Waals surface area contributed by atoms with Crippen LogP contribution in [0.2, 0.25) is 0 Å². The number of piperidine rings is 1. The van der Waals surface area contributed by atoms with Gasteiger partial charge in [-0.05, 0) is 74.8 Å². The lowest BCUT2D eigenvalue weighted by atomic mass is 9.94. The van der Waals surface area contributed by atoms with E-state index in [1.807, 2.05) is 0 Å². The number of hydrogen-bond donors (Lipinski definition) is 1. The highest BCUT2D eigenvalue weighted by molar-refractivity contribution is 6.23. The van der Waals surface area contributed by atoms with Gasteiger partial charge in [0.1, 0.15) is 11.9 Å². The number of ether oxygens (including phenoxy) is 2. The summed E-state index contributed by atoms with van der Waals surface area (Å²) < 4.78 is 25.2. The molecule has 5 rings (SSSR count). The minimum Gasteiger partial charge on any atom is -0.493 e. The Kier molecular flexibility index (Phi) is 9.09. The molecule has 2 bridgehead atoms. The first-order valence-electron chi connectivity index (χ1n) is 14.2. The molecule has 1 aromatic carbocycles. The van der Waals surface area contributed by atoms with Gasteiger partial charge in [-0.2, -0.15) is 0 Å². The van der Waals surface area contributed by atoms with E-state index >= 15 is 0 Å². The first-order chi connectivity index (χ1) is 18.4. The molecular weight excluding hydrogens is 505 g/mol. The second-order valence-corrected chi connectivity index (χ2v) is 11.7. The Balaban J connectivity index is 1.12. The summed E-state index contributed by atoms with van der Waals surface area (Å²) in [6.07, 6.45) is 8.43. The molecule has 8 heteroatoms. The van der Waals surface area contributed by atoms with E-state index in [-0.39, 0.29) is 11.9 Å². The van der Waals surface area contributed by atoms with Crippen molar-refractivity contribution >= 4 is 17.5 Å². The predicted octanol–water partition coefficient (Wildman–Crippen LogP) is 4.46. The van der Waals surface area contributed by atoms with Crippen molar-refractivity contribution in [3.63, 3.8) is 0 Å². The molecule has 4 unspecified atom stereocenters. The van der Waals surface area contributed by atoms with Crippen LogP contribution in [0.5, 0.6) is 5.75 Å². The number of nitrogens with zero attached hydrogens (tertiary/aromatic N) is 2. The summed E-state index contributed by atoms with van der Waals surface area (Å²) in [5.74, 6) is 0.839. The van der Waals surface area contributed by atoms with Gasteiger partial charge in [0.25, 0.3) is 5.91 Å². The van der Waals surface area contributed by atoms with Crippen LogP contribution >= 0.6 is 11.6 Å². The molecule has 1 aromatic rings. The standard InChI is InChI=1S/C30H41ClFN3O3/c1-20-21(2)29(38-13-3-10-34-11-14-37-15-12-34)9-5-23(20)19-35-25-6-7-26(35)18-24(17-25)33-30(36)22-4-8-28(32)27(31)16-22/h4-5,8-9,16,24-28H,3,6-7,10-15,17-19H2,1-2H3,(H,33,36). The molecule has 6 nitrogen and oxygen atoms in total. The summed E-state index contributed by atoms with van der Waals surface area (Å²) in [7, 11) is 0. The summed E-state index contributed by atoms with van der Waals surface area (Å²) in [5.41, 5.74) is 4.35. The van der Waals surface area contributed by atoms with Crippen LogP contribution in [0.3, 0.4) is 0 Å². The zero-order chi connectivity index (χ0) is 26.6. The number of fused-ring (bicyclic) bond motifs is 2. The predicted molar refractivity (Wildman–Crippen MR) is 149 cm³/mol. The zero-order valence-electron chi connectivity index (χ0n) is 22.6. The van der Waals surface area contributed by atoms with Crippen molar-refractivity contribution in [1.29, 1.82) is 0 Å². The van der Waals surface area contributed by atoms with Crippen LogP contribution in [0.25, 0.3) is 0 Å². The molecule has 0 saturated carbocycles. The molecule has 38 heavy (non-hydrogen) atoms. The van der Waals surface area contributed by atoms with E-state index in [9.17, 15) is 9.18 Å². The molecule has 4 atom stereocenters. The van der Waals surface area contributed by atoms with Gasteiger partial charge in [-0.1, -0.05) is 18.2 Å². The van der Waals surface area contributed by atoms with E-state index in [4.69, 9.17) is 21.1 Å². The van der Waals surface area contributed by atoms with Gasteiger partial charge in [-0.15, -0.1) is 11.6 Å². The summed E-state index contributed by atoms with van der Waals surface area (Å²) in [4.78, 5) is 17.8. The van der Waals surface area contributed by atoms with E-state index in [1.165, 1.54) is 28.8 Å². The highest BCUT2D eigenvalue weighted by atomic mass is 35.5. The van der Waals surface area contributed by atoms with E-state index < -0.39 is 11.5 Å². The number of halogens is 2. The van der Waals surface area contributed by atoms with Crippen LogP contribution < -0.4 is 10.1 Å². The number of rotatable bonds is 9. The second kappa shape index (κ2) is 12.5. The van der Waals surface area contributed by atoms with Crippen molar-refractivity contribution in [1.82, 2.24) is 15.1 Å². The van der Waals surface area contributed by atoms with Crippen LogP contribution in [0.15, 0.2) is 35.9 Å². The largest absolute Gasteiger partial charge is 0.493 e. The van der Waals surface area contributed by atoms with Gasteiger partial charge in [-0.25, -0.2) is 4.39 Å². The molecule has 208 valence electrons. The molecule has 1 N–H and O–H groups in total. The molecular formula is C30H41ClFN3O3. The maximum absolute atomic E-state index is 13.6. The van der Waals surface area contributed by atoms with Gasteiger partial charge < -0.3 is 14.8 Å². The highest BCUT2D eigenvalue weighted by Gasteiger charge is 2.41. The van der Waals surface area contributed by atoms with Gasteiger partial charge in [0.2, 0.25) is 0 Å². The number of benzene rings is 1. The summed E-state index contributed by atoms with van der Waals surface area (Å²) in [5, 5.41) is 2.41. The van der Waals surface area contributed by atoms with Crippen LogP contribution in [0, 0.1) is 13.8 Å². The molecule has 1 amide bonds. The van der Waals surface area contributed by atoms with Crippen molar-refractivity contribution in [2.45, 2.75) is 82.2 Å². The van der Waals surface area contributed by atoms with Crippen LogP contribution in [-0.2, 0) is 16.1 Å². The first-order valence-corrected chi connectivity index (χ1v) is 14.6. The fraction of sp³-hybridized carbons (Fsp3) is 0.633. The maximum atomic E-state index is 13.6. The summed E-state index contributed by atoms with van der Waals surface area (Å²) in [6.45, 7) is 10.8. The Bertz CT molecular complexity index is 1040. The Labute approximate surface area is 231 Å². The topological polar surface area (TPSA) is 54.0 Å². The third-order valence-corrected chi connectivity index (χ3v) is 9.13. The minimum absolute atomic E-state index is 0.137. The normalized spacial score (nSPS) is 29.8. The van der Waals surface area contributed by atoms with E-state index in [1.54, 1.807) is 6.08 Å². The Morgan fingerprint density at radius 3 is 2.61 bits per heavy atom. The Hall–Kier alpha value is -1.93. The number of carbonyl (C=O) groups excluding carboxylic acids is 1. The number of allylic oxidation sites excluding steroid dienone is 2. The molecule has 3 fully saturated rings. The minimum atomic E-state index is -1.24. The molecule has 0 spiro atoms. The lowest BCUT2D eigenvalue weighted by Crippen LogP contribution is -2.50. The lowest BCUT2D eigenvalue weighted by Gasteiger charge is -2.39. The number of hydrogen-bond acceptors (Lipinski definition) is 5. The summed E-state index contributed by atoms with van der Waals surface area (Å²) in [6, 6.07) is 5.43. The summed E-state index contributed by atoms with van der Waals surface area (Å²) >= 11 is 5.99. The zero-order valence-corrected chi connectivity index (χ0v) is 23.4. The van der Waals surface area contributed by atoms with Crippen LogP contribution in [0.1, 0.15) is 48.8 Å². The SMILES string of the molecule is Cc1c(CN2C3CCC2CC(NC(=O)C2=CC(Cl)C(F)C=C2)C3)ccc(OCCCN2CCOCC2)c1C. The second-order valence-electron chi connectivity index (χ2n) is 11.2. The van der Waals surface area contributed by atoms with Crippen molar-refractivity contribution < 1.29 is 18.7 Å². The molecule has 3 heterocycles. The number of nitrogens with one attached hydrogen (secondary N) is 1. The molecule has 3 aliphatic heterocycles. The number of amides is 1. The molecule has 0 aromatic heterocycles. The van der Waals surface area contributed by atoms with Crippen molar-refractivity contribution in [2.75, 3.05) is 39.5 Å². The average molecular weight is 546 g/mol. The fourth-order valence-electron chi connectivity index (χ4n) is 6.36. The Morgan fingerprint density at radius 2 is 1.89 bits per heavy atom. The number of morpholine rings is 1. The lowest BCUT2D eigenvalue weighted by molar-refractivity contribution is -0.118. The van der Waals surface area contributed by atoms with Crippen LogP contribution in [0.4, 0.5) is 4.39 Å². The van der Waals surface area contributed by atoms with Gasteiger partial charge in [0.05, 0.1) is 25.2 Å². The van der Waals surface area contributed by atoms with Crippen molar-refractivity contribution in [3.8, 4) is 5.75 Å². The van der Waals surface area contributed by atoms with E-state index in [2.05, 4.69) is 41.1 Å². The number of alkyl halides is 2. The monoisotopic (exact) mass is 545 g/mol. The maximum Gasteiger partial charge on any atom is 0.251 e. The van der Waals surface area contributed by atoms with Crippen LogP contribution in [-0.4, -0.2) is 84.8 Å². The van der Waals surface area contributed by atoms with Gasteiger partial charge in [0, 0.05) is 49.9 Å². The third kappa shape index (κ3) is 6.44. The molecule has 1 aliphatic carbocycles. The smallest absolute Gasteiger partial charge is 0.251 e. The quantitative estimate of drug-likeness (QED) is 0.367. The van der Waals surface area contributed by atoms with Crippen molar-refractivity contribution in [2.24, 2.45) is 0 Å². The molecule has 3 saturated heterocycles. The van der Waals surface area contributed by atoms with Gasteiger partial charge >= 0.3 is 0 Å². The van der Waals surface area contributed by atoms with Gasteiger partial charge in [0.15, 0.2) is 0 Å². The van der Waals surface area contributed by atoms with Gasteiger partial charge in [-0.3, -0.25) is 14.6 Å². The van der Waals surface area contributed by atoms with E-state index in [0.29, 0.717) is 17.7 Å². The molecule has 4 aliphatic rings. The van der Waals surface area contributed by atoms with E-state index in [0.717, 1.165) is 83.9 Å². The van der Waals surface area contributed by atoms with Crippen molar-refractivity contribution in [3.05, 3.63) is 52.6 Å². The third-order valence-electron chi connectivity index (χ3n) is 8.77. The molecule has 0 radical (unpaired) electrons. The average Bonchev–Trinajstić information content (AvgIpc) is 3.14. The fourth-order valence-corrected chi connectivity index (χ4v) is 6.58.